The summed E-state index contributed by atoms with van der Waals surface area (Å²) >= 11 is 0. The number of hydrogen-bond acceptors (Lipinski definition) is 23. The van der Waals surface area contributed by atoms with Crippen molar-refractivity contribution >= 4 is 123 Å². The van der Waals surface area contributed by atoms with Gasteiger partial charge in [0, 0.05) is 19.2 Å². The molecule has 0 amide bonds. The Balaban J connectivity index is -0.00000106. The normalized spacial score (nSPS) is 10.6. The van der Waals surface area contributed by atoms with E-state index in [0.29, 0.717) is 0 Å². The molecule has 0 fully saturated rings. The Labute approximate surface area is 426 Å². The van der Waals surface area contributed by atoms with Gasteiger partial charge in [-0.1, -0.05) is 13.8 Å². The average Bonchev–Trinajstić information content (AvgIpc) is 3.17. The summed E-state index contributed by atoms with van der Waals surface area (Å²) in [5.74, 6) is -5.58. The van der Waals surface area contributed by atoms with Crippen LogP contribution in [0.25, 0.3) is 0 Å². The summed E-state index contributed by atoms with van der Waals surface area (Å²) in [5, 5.41) is 81.1. The van der Waals surface area contributed by atoms with Crippen LogP contribution in [0.4, 0.5) is 5.69 Å². The predicted octanol–water partition coefficient (Wildman–Crippen LogP) is -11.8. The summed E-state index contributed by atoms with van der Waals surface area (Å²) in [6.45, 7) is -0.150. The number of carboxylic acid groups (broad SMARTS) is 6. The molecule has 0 saturated heterocycles. The second-order valence-electron chi connectivity index (χ2n) is 12.4. The number of carboxylic acids is 6. The van der Waals surface area contributed by atoms with Gasteiger partial charge in [0.15, 0.2) is 40.6 Å². The fourth-order valence-corrected chi connectivity index (χ4v) is 5.81. The number of quaternary nitrogens is 2. The van der Waals surface area contributed by atoms with Gasteiger partial charge in [-0.05, 0) is 31.3 Å². The summed E-state index contributed by atoms with van der Waals surface area (Å²) in [5.41, 5.74) is -1.08. The number of nitrogens with two attached hydrogens (primary N) is 1. The third kappa shape index (κ3) is 23.0. The molecule has 0 aliphatic carbocycles. The van der Waals surface area contributed by atoms with Crippen molar-refractivity contribution in [3.8, 4) is 28.7 Å². The molecule has 0 spiro atoms. The van der Waals surface area contributed by atoms with Crippen LogP contribution in [0.5, 0.6) is 28.7 Å². The van der Waals surface area contributed by atoms with E-state index < -0.39 is 111 Å². The van der Waals surface area contributed by atoms with E-state index in [2.05, 4.69) is 24.0 Å². The number of nitro benzene ring substituents is 1. The summed E-state index contributed by atoms with van der Waals surface area (Å²) in [6.07, 6.45) is 0. The van der Waals surface area contributed by atoms with Crippen molar-refractivity contribution in [2.45, 2.75) is 19.9 Å². The first-order valence-electron chi connectivity index (χ1n) is 18.0. The van der Waals surface area contributed by atoms with Crippen molar-refractivity contribution in [1.82, 2.24) is 10.2 Å². The van der Waals surface area contributed by atoms with Gasteiger partial charge in [0.2, 0.25) is 0 Å². The zero-order valence-electron chi connectivity index (χ0n) is 36.0. The van der Waals surface area contributed by atoms with Gasteiger partial charge in [-0.2, -0.15) is 5.90 Å². The Morgan fingerprint density at radius 2 is 1.08 bits per heavy atom. The van der Waals surface area contributed by atoms with E-state index in [4.69, 9.17) is 24.8 Å². The first-order chi connectivity index (χ1) is 29.1. The number of ether oxygens (including phenoxy) is 4. The van der Waals surface area contributed by atoms with E-state index in [1.807, 2.05) is 0 Å². The van der Waals surface area contributed by atoms with Gasteiger partial charge in [0.25, 0.3) is 5.69 Å². The summed E-state index contributed by atoms with van der Waals surface area (Å²) in [7, 11) is 4.97. The van der Waals surface area contributed by atoms with E-state index in [9.17, 15) is 74.3 Å². The van der Waals surface area contributed by atoms with Crippen LogP contribution >= 0.6 is 0 Å². The fraction of sp³-hybridized carbons (Fsp3) is 0.472. The number of nitro groups is 1. The van der Waals surface area contributed by atoms with Gasteiger partial charge in [-0.3, -0.25) is 19.8 Å². The standard InChI is InChI=1S/C18H23N3O12.C14H18N2O8.C4H11N.2Ca/c1-32-12-4-3-10(21(30)31)17(18(12)33-2)11(20(8-15(26)27)9-16(28)29)5-19(6-13(22)23)7-14(24)25;1-22-10-4-3-9(24-15)13(14(10)23-2)8(17)5-16(6-11(18)19)7-12(20)21;1-3-5-4-2;;/h3-4,11H,5-9H2,1-2H3,(H,22,23)(H,24,25)(H,26,27)(H,28,29);3-4H,5-7,15H2,1-2H3,(H,18,19)(H,20,21);5H,3-4H2,1-2H3;;/q;;;2*+2/p-4. The van der Waals surface area contributed by atoms with Gasteiger partial charge in [0.1, 0.15) is 43.9 Å². The minimum absolute atomic E-state index is 0. The molecular weight excluding hydrogens is 917 g/mol. The van der Waals surface area contributed by atoms with Gasteiger partial charge >= 0.3 is 75.5 Å². The first kappa shape index (κ1) is 63.9. The monoisotopic (exact) mass is 964 g/mol. The van der Waals surface area contributed by atoms with E-state index in [0.717, 1.165) is 31.2 Å². The van der Waals surface area contributed by atoms with Crippen molar-refractivity contribution in [3.05, 3.63) is 45.5 Å². The number of nitrogens with one attached hydrogen (secondary N) is 3. The van der Waals surface area contributed by atoms with Gasteiger partial charge < -0.3 is 98.3 Å². The number of rotatable bonds is 27. The molecule has 2 rings (SSSR count). The van der Waals surface area contributed by atoms with Crippen LogP contribution in [0.3, 0.4) is 0 Å². The molecule has 0 aliphatic heterocycles. The molecule has 0 saturated carbocycles. The van der Waals surface area contributed by atoms with E-state index in [-0.39, 0.29) is 125 Å². The summed E-state index contributed by atoms with van der Waals surface area (Å²) in [4.78, 5) is 94.4. The average molecular weight is 965 g/mol. The molecule has 2 aromatic carbocycles. The number of ketones is 1. The van der Waals surface area contributed by atoms with Crippen molar-refractivity contribution in [3.63, 3.8) is 0 Å². The Hall–Kier alpha value is -4.35. The second-order valence-corrected chi connectivity index (χ2v) is 12.4. The Kier molecular flexibility index (Phi) is 34.0. The minimum atomic E-state index is -1.73. The van der Waals surface area contributed by atoms with Crippen LogP contribution in [0, 0.1) is 10.1 Å². The van der Waals surface area contributed by atoms with Gasteiger partial charge in [-0.25, -0.2) is 0 Å². The van der Waals surface area contributed by atoms with Crippen molar-refractivity contribution in [2.75, 3.05) is 93.9 Å². The molecule has 0 radical (unpaired) electrons. The third-order valence-corrected chi connectivity index (χ3v) is 8.11. The number of nitrogens with zero attached hydrogens (tertiary/aromatic N) is 2. The van der Waals surface area contributed by atoms with Crippen molar-refractivity contribution in [1.29, 1.82) is 0 Å². The molecule has 5 N–H and O–H groups in total. The number of benzene rings is 2. The van der Waals surface area contributed by atoms with Gasteiger partial charge in [0.05, 0.1) is 75.7 Å². The number of methoxy groups -OCH3 is 4. The molecule has 64 heavy (non-hydrogen) atoms. The number of aliphatic carboxylic acids is 6. The Bertz CT molecular complexity index is 1820. The molecule has 346 valence electrons. The van der Waals surface area contributed by atoms with Gasteiger partial charge in [-0.15, -0.1) is 0 Å². The maximum absolute atomic E-state index is 12.5. The quantitative estimate of drug-likeness (QED) is 0.0279. The van der Waals surface area contributed by atoms with Crippen LogP contribution in [0.1, 0.15) is 35.8 Å². The molecule has 28 heteroatoms. The zero-order chi connectivity index (χ0) is 47.7. The Morgan fingerprint density at radius 3 is 1.42 bits per heavy atom. The largest absolute Gasteiger partial charge is 2.00 e. The van der Waals surface area contributed by atoms with Crippen molar-refractivity contribution in [2.24, 2.45) is 5.90 Å². The second kappa shape index (κ2) is 34.1. The van der Waals surface area contributed by atoms with Crippen LogP contribution in [0.15, 0.2) is 24.3 Å². The van der Waals surface area contributed by atoms with E-state index in [1.165, 1.54) is 39.5 Å². The van der Waals surface area contributed by atoms with Crippen molar-refractivity contribution < 1.29 is 103 Å². The summed E-state index contributed by atoms with van der Waals surface area (Å²) in [6, 6.07) is 3.49. The van der Waals surface area contributed by atoms with Crippen LogP contribution in [-0.4, -0.2) is 221 Å². The number of Topliss-reactive ketones (excluding diaryl/α,β-unsaturated/α-hetero) is 1. The molecule has 2 aromatic rings. The third-order valence-electron chi connectivity index (χ3n) is 8.11. The molecule has 0 aliphatic rings. The maximum atomic E-state index is 12.5. The number of carbonyl (C=O) groups is 7. The van der Waals surface area contributed by atoms with Crippen LogP contribution in [-0.2, 0) is 28.8 Å². The molecular formula is C36H48Ca2N6O20. The Morgan fingerprint density at radius 1 is 0.656 bits per heavy atom. The molecule has 0 bridgehead atoms. The molecule has 0 aromatic heterocycles. The van der Waals surface area contributed by atoms with E-state index in [1.54, 1.807) is 0 Å². The van der Waals surface area contributed by atoms with E-state index >= 15 is 0 Å². The van der Waals surface area contributed by atoms with Crippen LogP contribution < -0.4 is 75.4 Å². The first-order valence-corrected chi connectivity index (χ1v) is 18.0. The number of hydrogen-bond donors (Lipinski definition) is 4. The molecule has 1 unspecified atom stereocenters. The topological polar surface area (TPSA) is 397 Å². The summed E-state index contributed by atoms with van der Waals surface area (Å²) < 4.78 is 20.5. The smallest absolute Gasteiger partial charge is 0.549 e. The zero-order valence-corrected chi connectivity index (χ0v) is 40.4. The predicted molar refractivity (Wildman–Crippen MR) is 206 cm³/mol. The van der Waals surface area contributed by atoms with Crippen LogP contribution in [0.2, 0.25) is 0 Å². The minimum Gasteiger partial charge on any atom is -0.549 e. The molecule has 0 heterocycles. The maximum Gasteiger partial charge on any atom is 2.00 e. The molecule has 26 nitrogen and oxygen atoms in total. The number of carbonyl (C=O) groups excluding carboxylic acids is 7. The fourth-order valence-electron chi connectivity index (χ4n) is 5.81. The SMILES string of the molecule is CCNCC.COc1ccc(ON)c(C(=O)CN(CC(=O)[O-])CC(=O)[O-])c1OC.COc1ccc([N+](=O)[O-])c(C(C[NH+](CC(=O)[O-])CC(=O)[O-])[NH+](CC(=O)[O-])CC(=O)[O-])c1OC.[Ca+2].[Ca+2]. The molecule has 1 atom stereocenters.